The first-order valence-corrected chi connectivity index (χ1v) is 7.58. The summed E-state index contributed by atoms with van der Waals surface area (Å²) < 4.78 is 0. The molecule has 1 atom stereocenters. The molecule has 1 N–H and O–H groups in total. The Balaban J connectivity index is 1.70. The van der Waals surface area contributed by atoms with Crippen LogP contribution in [0.25, 0.3) is 10.8 Å². The topological polar surface area (TPSA) is 37.8 Å². The van der Waals surface area contributed by atoms with Gasteiger partial charge in [-0.15, -0.1) is 11.3 Å². The molecule has 0 aliphatic carbocycles. The summed E-state index contributed by atoms with van der Waals surface area (Å²) >= 11 is 1.71. The van der Waals surface area contributed by atoms with Gasteiger partial charge in [0.25, 0.3) is 0 Å². The molecule has 0 saturated carbocycles. The molecule has 0 bridgehead atoms. The normalized spacial score (nSPS) is 12.7. The Morgan fingerprint density at radius 2 is 2.15 bits per heavy atom. The SMILES string of the molecule is Cc1csc(C(C)NCc2ccc3cnccc3c2)n1. The van der Waals surface area contributed by atoms with Crippen LogP contribution in [0.5, 0.6) is 0 Å². The lowest BCUT2D eigenvalue weighted by molar-refractivity contribution is 0.571. The van der Waals surface area contributed by atoms with Crippen molar-refractivity contribution in [2.24, 2.45) is 0 Å². The third kappa shape index (κ3) is 2.86. The quantitative estimate of drug-likeness (QED) is 0.790. The van der Waals surface area contributed by atoms with Gasteiger partial charge in [0.2, 0.25) is 0 Å². The van der Waals surface area contributed by atoms with Gasteiger partial charge in [0.05, 0.1) is 6.04 Å². The van der Waals surface area contributed by atoms with Crippen molar-refractivity contribution in [3.63, 3.8) is 0 Å². The molecule has 0 amide bonds. The lowest BCUT2D eigenvalue weighted by Crippen LogP contribution is -2.17. The van der Waals surface area contributed by atoms with Gasteiger partial charge in [-0.3, -0.25) is 4.98 Å². The van der Waals surface area contributed by atoms with Crippen LogP contribution in [0.3, 0.4) is 0 Å². The van der Waals surface area contributed by atoms with Crippen LogP contribution in [0.4, 0.5) is 0 Å². The van der Waals surface area contributed by atoms with E-state index in [1.54, 1.807) is 11.3 Å². The van der Waals surface area contributed by atoms with Crippen molar-refractivity contribution >= 4 is 22.1 Å². The van der Waals surface area contributed by atoms with E-state index < -0.39 is 0 Å². The highest BCUT2D eigenvalue weighted by molar-refractivity contribution is 7.09. The summed E-state index contributed by atoms with van der Waals surface area (Å²) in [7, 11) is 0. The number of nitrogens with zero attached hydrogens (tertiary/aromatic N) is 2. The molecule has 3 rings (SSSR count). The minimum atomic E-state index is 0.279. The summed E-state index contributed by atoms with van der Waals surface area (Å²) in [6, 6.07) is 8.81. The first-order valence-electron chi connectivity index (χ1n) is 6.70. The predicted octanol–water partition coefficient (Wildman–Crippen LogP) is 3.85. The van der Waals surface area contributed by atoms with Crippen LogP contribution < -0.4 is 5.32 Å². The average molecular weight is 283 g/mol. The highest BCUT2D eigenvalue weighted by Crippen LogP contribution is 2.19. The number of benzene rings is 1. The standard InChI is InChI=1S/C16H17N3S/c1-11-10-20-16(19-11)12(2)18-8-13-3-4-15-9-17-6-5-14(15)7-13/h3-7,9-10,12,18H,8H2,1-2H3. The molecule has 0 fully saturated rings. The zero-order valence-electron chi connectivity index (χ0n) is 11.6. The average Bonchev–Trinajstić information content (AvgIpc) is 2.91. The Labute approximate surface area is 122 Å². The van der Waals surface area contributed by atoms with Gasteiger partial charge in [-0.05, 0) is 36.9 Å². The molecule has 2 heterocycles. The number of thiazole rings is 1. The molecule has 102 valence electrons. The van der Waals surface area contributed by atoms with Crippen molar-refractivity contribution in [1.82, 2.24) is 15.3 Å². The summed E-state index contributed by atoms with van der Waals surface area (Å²) in [4.78, 5) is 8.66. The van der Waals surface area contributed by atoms with Crippen molar-refractivity contribution < 1.29 is 0 Å². The van der Waals surface area contributed by atoms with Gasteiger partial charge < -0.3 is 5.32 Å². The van der Waals surface area contributed by atoms with E-state index in [9.17, 15) is 0 Å². The van der Waals surface area contributed by atoms with Crippen LogP contribution in [0.2, 0.25) is 0 Å². The Morgan fingerprint density at radius 1 is 1.25 bits per heavy atom. The Kier molecular flexibility index (Phi) is 3.76. The zero-order chi connectivity index (χ0) is 13.9. The first kappa shape index (κ1) is 13.2. The van der Waals surface area contributed by atoms with Crippen molar-refractivity contribution in [1.29, 1.82) is 0 Å². The monoisotopic (exact) mass is 283 g/mol. The predicted molar refractivity (Wildman–Crippen MR) is 83.8 cm³/mol. The molecule has 0 radical (unpaired) electrons. The minimum Gasteiger partial charge on any atom is -0.304 e. The maximum atomic E-state index is 4.52. The van der Waals surface area contributed by atoms with Gasteiger partial charge in [-0.1, -0.05) is 12.1 Å². The lowest BCUT2D eigenvalue weighted by Gasteiger charge is -2.11. The van der Waals surface area contributed by atoms with Gasteiger partial charge >= 0.3 is 0 Å². The van der Waals surface area contributed by atoms with Crippen molar-refractivity contribution in [3.05, 3.63) is 58.3 Å². The maximum absolute atomic E-state index is 4.52. The lowest BCUT2D eigenvalue weighted by atomic mass is 10.1. The van der Waals surface area contributed by atoms with E-state index >= 15 is 0 Å². The number of nitrogens with one attached hydrogen (secondary N) is 1. The number of aryl methyl sites for hydroxylation is 1. The summed E-state index contributed by atoms with van der Waals surface area (Å²) in [6.07, 6.45) is 3.73. The molecule has 0 spiro atoms. The van der Waals surface area contributed by atoms with Gasteiger partial charge in [0, 0.05) is 35.4 Å². The van der Waals surface area contributed by atoms with Gasteiger partial charge in [-0.2, -0.15) is 0 Å². The summed E-state index contributed by atoms with van der Waals surface area (Å²) in [5, 5.41) is 9.18. The second-order valence-corrected chi connectivity index (χ2v) is 5.88. The largest absolute Gasteiger partial charge is 0.304 e. The number of rotatable bonds is 4. The van der Waals surface area contributed by atoms with E-state index in [2.05, 4.69) is 45.8 Å². The molecule has 3 nitrogen and oxygen atoms in total. The van der Waals surface area contributed by atoms with Crippen molar-refractivity contribution in [3.8, 4) is 0 Å². The zero-order valence-corrected chi connectivity index (χ0v) is 12.4. The van der Waals surface area contributed by atoms with E-state index in [-0.39, 0.29) is 6.04 Å². The number of hydrogen-bond donors (Lipinski definition) is 1. The molecule has 20 heavy (non-hydrogen) atoms. The van der Waals surface area contributed by atoms with E-state index in [0.717, 1.165) is 17.2 Å². The molecule has 1 unspecified atom stereocenters. The van der Waals surface area contributed by atoms with Crippen LogP contribution in [0.1, 0.15) is 29.2 Å². The van der Waals surface area contributed by atoms with Gasteiger partial charge in [-0.25, -0.2) is 4.98 Å². The van der Waals surface area contributed by atoms with Gasteiger partial charge in [0.1, 0.15) is 5.01 Å². The van der Waals surface area contributed by atoms with Crippen molar-refractivity contribution in [2.45, 2.75) is 26.4 Å². The summed E-state index contributed by atoms with van der Waals surface area (Å²) in [5.74, 6) is 0. The highest BCUT2D eigenvalue weighted by atomic mass is 32.1. The molecular formula is C16H17N3S. The fourth-order valence-corrected chi connectivity index (χ4v) is 3.00. The van der Waals surface area contributed by atoms with E-state index in [4.69, 9.17) is 0 Å². The number of fused-ring (bicyclic) bond motifs is 1. The third-order valence-corrected chi connectivity index (χ3v) is 4.47. The molecule has 0 saturated heterocycles. The summed E-state index contributed by atoms with van der Waals surface area (Å²) in [5.41, 5.74) is 2.38. The smallest absolute Gasteiger partial charge is 0.110 e. The fraction of sp³-hybridized carbons (Fsp3) is 0.250. The second-order valence-electron chi connectivity index (χ2n) is 4.99. The Morgan fingerprint density at radius 3 is 2.95 bits per heavy atom. The van der Waals surface area contributed by atoms with E-state index in [1.165, 1.54) is 16.3 Å². The number of pyridine rings is 1. The fourth-order valence-electron chi connectivity index (χ4n) is 2.17. The molecule has 4 heteroatoms. The summed E-state index contributed by atoms with van der Waals surface area (Å²) in [6.45, 7) is 5.03. The molecule has 2 aromatic heterocycles. The molecule has 0 aliphatic rings. The van der Waals surface area contributed by atoms with E-state index in [1.807, 2.05) is 25.4 Å². The Hall–Kier alpha value is -1.78. The second kappa shape index (κ2) is 5.69. The molecule has 3 aromatic rings. The first-order chi connectivity index (χ1) is 9.72. The maximum Gasteiger partial charge on any atom is 0.110 e. The van der Waals surface area contributed by atoms with Crippen LogP contribution >= 0.6 is 11.3 Å². The number of hydrogen-bond acceptors (Lipinski definition) is 4. The van der Waals surface area contributed by atoms with Crippen LogP contribution in [-0.4, -0.2) is 9.97 Å². The van der Waals surface area contributed by atoms with Crippen LogP contribution in [0.15, 0.2) is 42.0 Å². The molecule has 1 aromatic carbocycles. The van der Waals surface area contributed by atoms with Gasteiger partial charge in [0.15, 0.2) is 0 Å². The van der Waals surface area contributed by atoms with E-state index in [0.29, 0.717) is 0 Å². The third-order valence-electron chi connectivity index (χ3n) is 3.32. The molecule has 0 aliphatic heterocycles. The highest BCUT2D eigenvalue weighted by Gasteiger charge is 2.08. The molecular weight excluding hydrogens is 266 g/mol. The van der Waals surface area contributed by atoms with Crippen LogP contribution in [-0.2, 0) is 6.54 Å². The number of aromatic nitrogens is 2. The Bertz CT molecular complexity index is 720. The van der Waals surface area contributed by atoms with Crippen molar-refractivity contribution in [2.75, 3.05) is 0 Å². The minimum absolute atomic E-state index is 0.279. The van der Waals surface area contributed by atoms with Crippen LogP contribution in [0, 0.1) is 6.92 Å².